The Morgan fingerprint density at radius 2 is 2.16 bits per heavy atom. The summed E-state index contributed by atoms with van der Waals surface area (Å²) >= 11 is 2.62. The summed E-state index contributed by atoms with van der Waals surface area (Å²) in [7, 11) is -4.09. The SMILES string of the molecule is CSCC1=C(C(=O)O)N2C(=O)C(N(C(=O)CC#N)S(C)(=O)=O)[C@@H]2SC1. The van der Waals surface area contributed by atoms with Crippen LogP contribution in [0.2, 0.25) is 0 Å². The maximum Gasteiger partial charge on any atom is 0.352 e. The number of aliphatic carboxylic acids is 1. The molecule has 1 N–H and O–H groups in total. The summed E-state index contributed by atoms with van der Waals surface area (Å²) in [4.78, 5) is 37.2. The predicted molar refractivity (Wildman–Crippen MR) is 91.8 cm³/mol. The molecule has 0 spiro atoms. The van der Waals surface area contributed by atoms with E-state index < -0.39 is 45.6 Å². The Bertz CT molecular complexity index is 800. The average molecular weight is 405 g/mol. The van der Waals surface area contributed by atoms with Crippen molar-refractivity contribution < 1.29 is 27.9 Å². The van der Waals surface area contributed by atoms with E-state index in [1.807, 2.05) is 0 Å². The molecule has 2 aliphatic heterocycles. The highest BCUT2D eigenvalue weighted by molar-refractivity contribution is 8.00. The normalized spacial score (nSPS) is 22.8. The third-order valence-electron chi connectivity index (χ3n) is 3.63. The number of nitrogens with zero attached hydrogens (tertiary/aromatic N) is 3. The molecular formula is C13H15N3O6S3. The van der Waals surface area contributed by atoms with E-state index in [-0.39, 0.29) is 5.70 Å². The van der Waals surface area contributed by atoms with Crippen molar-refractivity contribution in [2.75, 3.05) is 24.0 Å². The molecule has 2 aliphatic rings. The Kier molecular flexibility index (Phi) is 5.70. The van der Waals surface area contributed by atoms with E-state index in [2.05, 4.69) is 0 Å². The highest BCUT2D eigenvalue weighted by Crippen LogP contribution is 2.43. The number of rotatable bonds is 6. The maximum absolute atomic E-state index is 12.5. The number of carboxylic acid groups (broad SMARTS) is 1. The van der Waals surface area contributed by atoms with Crippen LogP contribution in [0.25, 0.3) is 0 Å². The molecule has 12 heteroatoms. The number of nitriles is 1. The summed E-state index contributed by atoms with van der Waals surface area (Å²) in [6.45, 7) is 0. The molecule has 2 rings (SSSR count). The summed E-state index contributed by atoms with van der Waals surface area (Å²) in [6, 6.07) is 0.239. The van der Waals surface area contributed by atoms with Crippen molar-refractivity contribution in [2.24, 2.45) is 0 Å². The van der Waals surface area contributed by atoms with Crippen molar-refractivity contribution >= 4 is 51.3 Å². The van der Waals surface area contributed by atoms with Crippen LogP contribution in [0.3, 0.4) is 0 Å². The van der Waals surface area contributed by atoms with Crippen molar-refractivity contribution in [2.45, 2.75) is 17.8 Å². The minimum atomic E-state index is -4.09. The lowest BCUT2D eigenvalue weighted by Gasteiger charge is -2.51. The first-order valence-corrected chi connectivity index (χ1v) is 11.2. The number of carbonyl (C=O) groups excluding carboxylic acids is 2. The lowest BCUT2D eigenvalue weighted by Crippen LogP contribution is -2.72. The van der Waals surface area contributed by atoms with Gasteiger partial charge in [-0.3, -0.25) is 14.5 Å². The zero-order valence-electron chi connectivity index (χ0n) is 13.3. The topological polar surface area (TPSA) is 136 Å². The van der Waals surface area contributed by atoms with Crippen LogP contribution in [0.4, 0.5) is 0 Å². The molecule has 0 aromatic heterocycles. The van der Waals surface area contributed by atoms with Crippen LogP contribution < -0.4 is 0 Å². The van der Waals surface area contributed by atoms with E-state index in [4.69, 9.17) is 5.26 Å². The molecule has 1 unspecified atom stereocenters. The van der Waals surface area contributed by atoms with Gasteiger partial charge >= 0.3 is 5.97 Å². The number of thioether (sulfide) groups is 2. The molecule has 0 radical (unpaired) electrons. The molecule has 25 heavy (non-hydrogen) atoms. The van der Waals surface area contributed by atoms with Gasteiger partial charge in [0.1, 0.15) is 17.5 Å². The Morgan fingerprint density at radius 1 is 1.52 bits per heavy atom. The van der Waals surface area contributed by atoms with Crippen molar-refractivity contribution in [3.05, 3.63) is 11.3 Å². The molecule has 0 saturated carbocycles. The summed E-state index contributed by atoms with van der Waals surface area (Å²) in [5.41, 5.74) is 0.419. The van der Waals surface area contributed by atoms with Crippen molar-refractivity contribution in [1.29, 1.82) is 5.26 Å². The number of fused-ring (bicyclic) bond motifs is 1. The molecule has 0 bridgehead atoms. The lowest BCUT2D eigenvalue weighted by molar-refractivity contribution is -0.155. The van der Waals surface area contributed by atoms with E-state index >= 15 is 0 Å². The minimum absolute atomic E-state index is 0.152. The van der Waals surface area contributed by atoms with Crippen LogP contribution in [0.5, 0.6) is 0 Å². The Labute approximate surface area is 153 Å². The smallest absolute Gasteiger partial charge is 0.352 e. The van der Waals surface area contributed by atoms with E-state index in [0.717, 1.165) is 11.2 Å². The van der Waals surface area contributed by atoms with E-state index in [1.54, 1.807) is 12.3 Å². The Balaban J connectivity index is 2.41. The van der Waals surface area contributed by atoms with Gasteiger partial charge in [0.25, 0.3) is 11.8 Å². The fourth-order valence-corrected chi connectivity index (χ4v) is 5.96. The molecule has 0 aliphatic carbocycles. The fraction of sp³-hybridized carbons (Fsp3) is 0.538. The van der Waals surface area contributed by atoms with Crippen LogP contribution in [0.1, 0.15) is 6.42 Å². The molecule has 0 aromatic carbocycles. The number of sulfonamides is 1. The van der Waals surface area contributed by atoms with Crippen LogP contribution >= 0.6 is 23.5 Å². The van der Waals surface area contributed by atoms with Gasteiger partial charge in [0.15, 0.2) is 6.04 Å². The van der Waals surface area contributed by atoms with E-state index in [1.165, 1.54) is 23.5 Å². The zero-order valence-corrected chi connectivity index (χ0v) is 15.8. The fourth-order valence-electron chi connectivity index (χ4n) is 2.72. The molecule has 2 atom stereocenters. The Morgan fingerprint density at radius 3 is 2.64 bits per heavy atom. The second-order valence-electron chi connectivity index (χ2n) is 5.33. The standard InChI is InChI=1S/C13H15N3O6S3/c1-23-5-7-6-24-12-10(11(18)15(12)9(7)13(19)20)16(25(2,21)22)8(17)3-4-14/h10,12H,3,5-6H2,1-2H3,(H,19,20)/t10?,12-/m0/s1. The third-order valence-corrected chi connectivity index (χ3v) is 6.73. The average Bonchev–Trinajstić information content (AvgIpc) is 2.50. The molecule has 2 heterocycles. The summed E-state index contributed by atoms with van der Waals surface area (Å²) < 4.78 is 24.3. The van der Waals surface area contributed by atoms with Crippen LogP contribution in [-0.4, -0.2) is 75.9 Å². The molecule has 9 nitrogen and oxygen atoms in total. The monoisotopic (exact) mass is 405 g/mol. The van der Waals surface area contributed by atoms with Gasteiger partial charge in [0.2, 0.25) is 10.0 Å². The first-order valence-electron chi connectivity index (χ1n) is 6.93. The number of β-lactam (4-membered cyclic amide) rings is 1. The highest BCUT2D eigenvalue weighted by Gasteiger charge is 2.58. The molecule has 1 fully saturated rings. The Hall–Kier alpha value is -1.71. The number of amides is 2. The van der Waals surface area contributed by atoms with Crippen LogP contribution in [0.15, 0.2) is 11.3 Å². The molecule has 0 aromatic rings. The quantitative estimate of drug-likeness (QED) is 0.589. The van der Waals surface area contributed by atoms with Crippen molar-refractivity contribution in [3.8, 4) is 6.07 Å². The first kappa shape index (κ1) is 19.6. The molecular weight excluding hydrogens is 390 g/mol. The molecule has 1 saturated heterocycles. The second kappa shape index (κ2) is 7.27. The lowest BCUT2D eigenvalue weighted by atomic mass is 10.0. The third kappa shape index (κ3) is 3.49. The number of carbonyl (C=O) groups is 3. The van der Waals surface area contributed by atoms with Gasteiger partial charge in [-0.1, -0.05) is 0 Å². The van der Waals surface area contributed by atoms with Gasteiger partial charge < -0.3 is 5.11 Å². The minimum Gasteiger partial charge on any atom is -0.477 e. The van der Waals surface area contributed by atoms with Crippen LogP contribution in [-0.2, 0) is 24.4 Å². The van der Waals surface area contributed by atoms with Gasteiger partial charge in [-0.2, -0.15) is 17.0 Å². The van der Waals surface area contributed by atoms with Crippen molar-refractivity contribution in [3.63, 3.8) is 0 Å². The molecule has 2 amide bonds. The van der Waals surface area contributed by atoms with Gasteiger partial charge in [-0.25, -0.2) is 17.5 Å². The number of hydrogen-bond acceptors (Lipinski definition) is 8. The van der Waals surface area contributed by atoms with E-state index in [9.17, 15) is 27.9 Å². The summed E-state index contributed by atoms with van der Waals surface area (Å²) in [5.74, 6) is -2.30. The van der Waals surface area contributed by atoms with Gasteiger partial charge in [0.05, 0.1) is 12.3 Å². The largest absolute Gasteiger partial charge is 0.477 e. The van der Waals surface area contributed by atoms with Crippen LogP contribution in [0, 0.1) is 11.3 Å². The van der Waals surface area contributed by atoms with E-state index in [0.29, 0.717) is 21.4 Å². The predicted octanol–water partition coefficient (Wildman–Crippen LogP) is -0.326. The van der Waals surface area contributed by atoms with Gasteiger partial charge in [-0.15, -0.1) is 11.8 Å². The zero-order chi connectivity index (χ0) is 18.9. The summed E-state index contributed by atoms with van der Waals surface area (Å²) in [5, 5.41) is 17.3. The van der Waals surface area contributed by atoms with Gasteiger partial charge in [-0.05, 0) is 11.8 Å². The second-order valence-corrected chi connectivity index (χ2v) is 9.16. The van der Waals surface area contributed by atoms with Crippen molar-refractivity contribution in [1.82, 2.24) is 9.21 Å². The molecule has 136 valence electrons. The van der Waals surface area contributed by atoms with Gasteiger partial charge in [0, 0.05) is 11.5 Å². The number of carboxylic acids is 1. The highest BCUT2D eigenvalue weighted by atomic mass is 32.2. The number of hydrogen-bond donors (Lipinski definition) is 1. The summed E-state index contributed by atoms with van der Waals surface area (Å²) in [6.07, 6.45) is 1.89. The first-order chi connectivity index (χ1) is 11.6. The maximum atomic E-state index is 12.5.